The van der Waals surface area contributed by atoms with Crippen molar-refractivity contribution in [3.63, 3.8) is 0 Å². The van der Waals surface area contributed by atoms with E-state index < -0.39 is 81.5 Å². The van der Waals surface area contributed by atoms with Crippen molar-refractivity contribution in [2.75, 3.05) is 0 Å². The summed E-state index contributed by atoms with van der Waals surface area (Å²) in [6, 6.07) is -0.756. The second-order valence-electron chi connectivity index (χ2n) is 9.14. The Hall–Kier alpha value is -3.15. The fraction of sp³-hybridized carbons (Fsp3) is 0.750. The first kappa shape index (κ1) is 25.5. The summed E-state index contributed by atoms with van der Waals surface area (Å²) in [7, 11) is -6.12. The molecule has 14 heteroatoms. The van der Waals surface area contributed by atoms with E-state index >= 15 is 0 Å². The van der Waals surface area contributed by atoms with Crippen LogP contribution in [0.3, 0.4) is 0 Å². The number of rotatable bonds is 6. The average molecular weight is 758 g/mol. The molecule has 0 spiro atoms. The summed E-state index contributed by atoms with van der Waals surface area (Å²) in [5.41, 5.74) is 0. The van der Waals surface area contributed by atoms with Gasteiger partial charge in [0.05, 0.1) is 23.8 Å². The van der Waals surface area contributed by atoms with Crippen LogP contribution in [0.1, 0.15) is 45.4 Å². The van der Waals surface area contributed by atoms with Crippen LogP contribution in [0.15, 0.2) is 0 Å². The second kappa shape index (κ2) is 8.57. The number of alkyl halides is 2. The minimum Gasteiger partial charge on any atom is -0.746 e. The van der Waals surface area contributed by atoms with Crippen molar-refractivity contribution in [2.45, 2.75) is 62.8 Å². The zero-order valence-corrected chi connectivity index (χ0v) is 25.6. The maximum absolute atomic E-state index is 13.4. The van der Waals surface area contributed by atoms with Gasteiger partial charge in [0.2, 0.25) is 11.8 Å². The second-order valence-corrected chi connectivity index (χ2v) is 10.6. The van der Waals surface area contributed by atoms with Crippen molar-refractivity contribution in [1.29, 1.82) is 0 Å². The van der Waals surface area contributed by atoms with Gasteiger partial charge >= 0.3 is 5.97 Å². The average Bonchev–Trinajstić information content (AvgIpc) is 3.34. The fourth-order valence-corrected chi connectivity index (χ4v) is 6.15. The molecule has 0 aromatic rings. The smallest absolute Gasteiger partial charge is 0.309 e. The van der Waals surface area contributed by atoms with Gasteiger partial charge in [-0.05, 0) is 25.2 Å². The number of carbonyl (C=O) groups excluding carboxylic acids is 4. The molecular weight excluding hydrogens is 735 g/mol. The van der Waals surface area contributed by atoms with Gasteiger partial charge in [-0.2, -0.15) is 0 Å². The first-order valence-electron chi connectivity index (χ1n) is 10.8. The molecule has 1 heterocycles. The number of hydrogen-bond donors (Lipinski definition) is 0. The minimum atomic E-state index is -6.12. The standard InChI is InChI=1S/C20H24F2NO9S.Rf/c1-9(24)23-15-11-7-12(16(15)32-18(26)10-5-3-2-4-6-10)14(13(11)17(23)25)19(27)31-8-20(21,22)33(28,29)30;/h8,10-16H,2-7H2,1H3,(H,28,29,30);/q-1;/p-1. The molecule has 3 saturated carbocycles. The van der Waals surface area contributed by atoms with E-state index in [0.29, 0.717) is 12.8 Å². The molecule has 186 valence electrons. The van der Waals surface area contributed by atoms with Crippen LogP contribution in [0.5, 0.6) is 0 Å². The number of nitrogens with zero attached hydrogens (tertiary/aromatic N) is 1. The molecule has 0 radical (unpaired) electrons. The van der Waals surface area contributed by atoms with E-state index in [9.17, 15) is 40.9 Å². The SMILES string of the molecule is CC(=O)N1C(=O)C2C3CC(C(OC(=O)C4CCCCC4)C31)C2C(=O)O[CH-]C(F)(F)S(=O)(=O)[O-].[Rf]. The molecule has 1 saturated heterocycles. The van der Waals surface area contributed by atoms with Crippen molar-refractivity contribution in [2.24, 2.45) is 29.6 Å². The first-order chi connectivity index (χ1) is 15.3. The summed E-state index contributed by atoms with van der Waals surface area (Å²) in [5.74, 6) is -7.14. The molecule has 1 aliphatic heterocycles. The van der Waals surface area contributed by atoms with E-state index in [-0.39, 0.29) is 12.3 Å². The van der Waals surface area contributed by atoms with Crippen molar-refractivity contribution in [3.8, 4) is 0 Å². The van der Waals surface area contributed by atoms with E-state index in [1.54, 1.807) is 0 Å². The van der Waals surface area contributed by atoms with Crippen LogP contribution in [0.2, 0.25) is 0 Å². The summed E-state index contributed by atoms with van der Waals surface area (Å²) in [5, 5.41) is -4.96. The third-order valence-electron chi connectivity index (χ3n) is 7.32. The summed E-state index contributed by atoms with van der Waals surface area (Å²) in [6.45, 7) is 0.503. The first-order valence-corrected chi connectivity index (χ1v) is 12.2. The van der Waals surface area contributed by atoms with Crippen molar-refractivity contribution < 1.29 is 50.4 Å². The van der Waals surface area contributed by atoms with Crippen LogP contribution in [0, 0.1) is 36.2 Å². The Labute approximate surface area is 188 Å². The van der Waals surface area contributed by atoms with Gasteiger partial charge in [0.15, 0.2) is 0 Å². The zero-order valence-electron chi connectivity index (χ0n) is 18.4. The predicted molar refractivity (Wildman–Crippen MR) is 101 cm³/mol. The van der Waals surface area contributed by atoms with Gasteiger partial charge in [-0.3, -0.25) is 24.1 Å². The normalized spacial score (nSPS) is 32.9. The van der Waals surface area contributed by atoms with Crippen LogP contribution < -0.4 is 0 Å². The maximum Gasteiger partial charge on any atom is 0.309 e. The molecule has 4 fully saturated rings. The minimum absolute atomic E-state index is 0. The third kappa shape index (κ3) is 3.89. The van der Waals surface area contributed by atoms with Gasteiger partial charge in [-0.25, -0.2) is 17.2 Å². The quantitative estimate of drug-likeness (QED) is 0.220. The van der Waals surface area contributed by atoms with Gasteiger partial charge in [-0.15, -0.1) is 0 Å². The molecule has 2 bridgehead atoms. The van der Waals surface area contributed by atoms with Gasteiger partial charge < -0.3 is 14.0 Å². The third-order valence-corrected chi connectivity index (χ3v) is 8.08. The van der Waals surface area contributed by atoms with Crippen LogP contribution in [-0.4, -0.2) is 59.0 Å². The molecule has 0 aromatic carbocycles. The van der Waals surface area contributed by atoms with Crippen LogP contribution >= 0.6 is 0 Å². The number of carbonyl (C=O) groups is 4. The molecule has 10 nitrogen and oxygen atoms in total. The number of imide groups is 1. The molecule has 6 atom stereocenters. The largest absolute Gasteiger partial charge is 0.746 e. The molecule has 2 amide bonds. The molecule has 4 aliphatic rings. The number of hydrogen-bond acceptors (Lipinski definition) is 9. The van der Waals surface area contributed by atoms with Crippen LogP contribution in [0.4, 0.5) is 8.78 Å². The number of esters is 2. The van der Waals surface area contributed by atoms with E-state index in [2.05, 4.69) is 4.74 Å². The van der Waals surface area contributed by atoms with Gasteiger partial charge in [0, 0.05) is 12.8 Å². The summed E-state index contributed by atoms with van der Waals surface area (Å²) in [6.07, 6.45) is 3.23. The summed E-state index contributed by atoms with van der Waals surface area (Å²) in [4.78, 5) is 51.5. The van der Waals surface area contributed by atoms with E-state index in [4.69, 9.17) is 4.74 Å². The van der Waals surface area contributed by atoms with E-state index in [0.717, 1.165) is 31.1 Å². The Morgan fingerprint density at radius 2 is 1.74 bits per heavy atom. The van der Waals surface area contributed by atoms with Crippen molar-refractivity contribution in [1.82, 2.24) is 4.90 Å². The van der Waals surface area contributed by atoms with Gasteiger partial charge in [-0.1, -0.05) is 25.9 Å². The number of amides is 2. The molecule has 4 rings (SSSR count). The molecule has 0 aromatic heterocycles. The van der Waals surface area contributed by atoms with Gasteiger partial charge in [0.1, 0.15) is 16.2 Å². The molecule has 6 unspecified atom stereocenters. The zero-order chi connectivity index (χ0) is 24.3. The molecular formula is C20H23F2NO9RfS-2. The Morgan fingerprint density at radius 1 is 1.12 bits per heavy atom. The van der Waals surface area contributed by atoms with Crippen molar-refractivity contribution in [3.05, 3.63) is 6.61 Å². The Bertz CT molecular complexity index is 985. The molecule has 34 heavy (non-hydrogen) atoms. The van der Waals surface area contributed by atoms with E-state index in [1.807, 2.05) is 0 Å². The summed E-state index contributed by atoms with van der Waals surface area (Å²) >= 11 is 0. The monoisotopic (exact) mass is 758 g/mol. The predicted octanol–water partition coefficient (Wildman–Crippen LogP) is 0.961. The number of ether oxygens (including phenoxy) is 2. The van der Waals surface area contributed by atoms with Crippen molar-refractivity contribution >= 4 is 33.9 Å². The number of fused-ring (bicyclic) bond motifs is 1. The van der Waals surface area contributed by atoms with Crippen LogP contribution in [0.25, 0.3) is 0 Å². The molecule has 0 N–H and O–H groups in total. The Kier molecular flexibility index (Phi) is 6.42. The summed E-state index contributed by atoms with van der Waals surface area (Å²) < 4.78 is 68.9. The Morgan fingerprint density at radius 3 is 2.29 bits per heavy atom. The number of likely N-dealkylation sites (tertiary alicyclic amines) is 1. The van der Waals surface area contributed by atoms with Gasteiger partial charge in [0.25, 0.3) is 11.2 Å². The Balaban J connectivity index is 0.00000324. The topological polar surface area (TPSA) is 147 Å². The fourth-order valence-electron chi connectivity index (χ4n) is 5.99. The molecule has 3 aliphatic carbocycles. The number of halogens is 2. The van der Waals surface area contributed by atoms with E-state index in [1.165, 1.54) is 0 Å². The van der Waals surface area contributed by atoms with Crippen LogP contribution in [-0.2, 0) is 38.8 Å². The maximum atomic E-state index is 13.4.